The molecule has 3 rings (SSSR count). The molecule has 2 aromatic carbocycles. The first-order valence-corrected chi connectivity index (χ1v) is 7.49. The monoisotopic (exact) mass is 358 g/mol. The molecule has 0 bridgehead atoms. The Balaban J connectivity index is 2.47. The number of nitro benzene ring substituents is 1. The van der Waals surface area contributed by atoms with Gasteiger partial charge in [0.25, 0.3) is 11.2 Å². The molecule has 0 aliphatic carbocycles. The Bertz CT molecular complexity index is 1110. The van der Waals surface area contributed by atoms with E-state index in [1.807, 2.05) is 0 Å². The predicted octanol–water partition coefficient (Wildman–Crippen LogP) is 3.13. The number of nitrogens with zero attached hydrogens (tertiary/aromatic N) is 1. The number of nitrogens with one attached hydrogen (secondary N) is 1. The van der Waals surface area contributed by atoms with Crippen molar-refractivity contribution in [3.8, 4) is 16.9 Å². The number of hydrogen-bond donors (Lipinski definition) is 1. The van der Waals surface area contributed by atoms with Crippen molar-refractivity contribution in [2.24, 2.45) is 0 Å². The number of ether oxygens (including phenoxy) is 1. The average molecular weight is 359 g/mol. The van der Waals surface area contributed by atoms with Crippen LogP contribution in [0, 0.1) is 10.1 Å². The molecule has 0 spiro atoms. The fraction of sp³-hybridized carbons (Fsp3) is 0.0588. The molecule has 0 fully saturated rings. The molecule has 126 valence electrons. The highest BCUT2D eigenvalue weighted by molar-refractivity contribution is 6.35. The smallest absolute Gasteiger partial charge is 0.291 e. The molecule has 1 N–H and O–H groups in total. The molecule has 0 aliphatic rings. The lowest BCUT2D eigenvalue weighted by Crippen LogP contribution is -2.10. The lowest BCUT2D eigenvalue weighted by molar-refractivity contribution is -0.384. The number of aromatic amines is 1. The van der Waals surface area contributed by atoms with Crippen molar-refractivity contribution in [1.29, 1.82) is 0 Å². The zero-order valence-electron chi connectivity index (χ0n) is 12.9. The van der Waals surface area contributed by atoms with Crippen LogP contribution in [-0.4, -0.2) is 17.0 Å². The van der Waals surface area contributed by atoms with Gasteiger partial charge in [0.1, 0.15) is 0 Å². The highest BCUT2D eigenvalue weighted by atomic mass is 35.5. The van der Waals surface area contributed by atoms with Crippen molar-refractivity contribution >= 4 is 28.2 Å². The number of methoxy groups -OCH3 is 1. The Labute approximate surface area is 145 Å². The van der Waals surface area contributed by atoms with Crippen LogP contribution in [0.25, 0.3) is 22.0 Å². The molecular formula is C17H11ClN2O5. The lowest BCUT2D eigenvalue weighted by Gasteiger charge is -2.04. The van der Waals surface area contributed by atoms with Gasteiger partial charge >= 0.3 is 0 Å². The summed E-state index contributed by atoms with van der Waals surface area (Å²) >= 11 is 6.14. The van der Waals surface area contributed by atoms with Gasteiger partial charge in [-0.1, -0.05) is 17.7 Å². The SMILES string of the molecule is COc1c(-c2ccc([N+](=O)[O-])cc2)c(=O)c2c(Cl)cccc2[nH]c1=O. The van der Waals surface area contributed by atoms with E-state index in [1.165, 1.54) is 37.4 Å². The topological polar surface area (TPSA) is 102 Å². The second kappa shape index (κ2) is 6.37. The van der Waals surface area contributed by atoms with E-state index in [1.54, 1.807) is 12.1 Å². The van der Waals surface area contributed by atoms with E-state index in [9.17, 15) is 19.7 Å². The van der Waals surface area contributed by atoms with E-state index >= 15 is 0 Å². The van der Waals surface area contributed by atoms with Crippen molar-refractivity contribution < 1.29 is 9.66 Å². The Kier molecular flexibility index (Phi) is 4.24. The van der Waals surface area contributed by atoms with Crippen LogP contribution in [0.5, 0.6) is 5.75 Å². The summed E-state index contributed by atoms with van der Waals surface area (Å²) in [7, 11) is 1.27. The highest BCUT2D eigenvalue weighted by Crippen LogP contribution is 2.27. The van der Waals surface area contributed by atoms with E-state index in [0.29, 0.717) is 5.56 Å². The molecule has 1 aromatic heterocycles. The number of hydrogen-bond acceptors (Lipinski definition) is 5. The Morgan fingerprint density at radius 1 is 1.12 bits per heavy atom. The number of H-pyrrole nitrogens is 1. The molecule has 0 saturated heterocycles. The Morgan fingerprint density at radius 2 is 1.80 bits per heavy atom. The molecular weight excluding hydrogens is 348 g/mol. The Morgan fingerprint density at radius 3 is 2.40 bits per heavy atom. The minimum absolute atomic E-state index is 0.0123. The predicted molar refractivity (Wildman–Crippen MR) is 94.5 cm³/mol. The average Bonchev–Trinajstić information content (AvgIpc) is 2.69. The third kappa shape index (κ3) is 2.85. The molecule has 0 unspecified atom stereocenters. The number of non-ortho nitro benzene ring substituents is 1. The second-order valence-electron chi connectivity index (χ2n) is 5.16. The van der Waals surface area contributed by atoms with Crippen molar-refractivity contribution in [3.63, 3.8) is 0 Å². The van der Waals surface area contributed by atoms with Gasteiger partial charge in [-0.05, 0) is 29.8 Å². The molecule has 0 saturated carbocycles. The number of benzene rings is 2. The first-order valence-electron chi connectivity index (χ1n) is 7.11. The standard InChI is InChI=1S/C17H11ClN2O5/c1-25-16-13(9-5-7-10(8-6-9)20(23)24)15(21)14-11(18)3-2-4-12(14)19-17(16)22/h2-8H,1H3,(H,19,22). The third-order valence-corrected chi connectivity index (χ3v) is 4.04. The molecule has 0 atom stereocenters. The van der Waals surface area contributed by atoms with Crippen LogP contribution < -0.4 is 15.7 Å². The summed E-state index contributed by atoms with van der Waals surface area (Å²) in [5.74, 6) is -0.189. The van der Waals surface area contributed by atoms with Gasteiger partial charge in [-0.25, -0.2) is 0 Å². The lowest BCUT2D eigenvalue weighted by atomic mass is 10.0. The Hall–Kier alpha value is -3.19. The molecule has 0 aliphatic heterocycles. The van der Waals surface area contributed by atoms with Crippen molar-refractivity contribution in [3.05, 3.63) is 78.2 Å². The molecule has 8 heteroatoms. The molecule has 7 nitrogen and oxygen atoms in total. The fourth-order valence-electron chi connectivity index (χ4n) is 2.59. The molecule has 3 aromatic rings. The van der Waals surface area contributed by atoms with Crippen LogP contribution in [0.3, 0.4) is 0 Å². The van der Waals surface area contributed by atoms with Crippen LogP contribution >= 0.6 is 11.6 Å². The summed E-state index contributed by atoms with van der Waals surface area (Å²) in [5, 5.41) is 11.1. The summed E-state index contributed by atoms with van der Waals surface area (Å²) in [6.07, 6.45) is 0. The molecule has 25 heavy (non-hydrogen) atoms. The van der Waals surface area contributed by atoms with Gasteiger partial charge in [0.15, 0.2) is 5.75 Å². The van der Waals surface area contributed by atoms with Crippen molar-refractivity contribution in [2.75, 3.05) is 7.11 Å². The summed E-state index contributed by atoms with van der Waals surface area (Å²) in [6.45, 7) is 0. The van der Waals surface area contributed by atoms with Gasteiger partial charge in [-0.15, -0.1) is 0 Å². The van der Waals surface area contributed by atoms with Gasteiger partial charge in [-0.3, -0.25) is 19.7 Å². The summed E-state index contributed by atoms with van der Waals surface area (Å²) in [5.41, 5.74) is -0.673. The summed E-state index contributed by atoms with van der Waals surface area (Å²) in [6, 6.07) is 9.98. The number of nitro groups is 1. The second-order valence-corrected chi connectivity index (χ2v) is 5.57. The summed E-state index contributed by atoms with van der Waals surface area (Å²) in [4.78, 5) is 38.3. The van der Waals surface area contributed by atoms with E-state index in [0.717, 1.165) is 0 Å². The van der Waals surface area contributed by atoms with Gasteiger partial charge in [0.2, 0.25) is 5.43 Å². The number of fused-ring (bicyclic) bond motifs is 1. The van der Waals surface area contributed by atoms with Gasteiger partial charge < -0.3 is 9.72 Å². The fourth-order valence-corrected chi connectivity index (χ4v) is 2.85. The van der Waals surface area contributed by atoms with Gasteiger partial charge in [-0.2, -0.15) is 0 Å². The zero-order chi connectivity index (χ0) is 18.1. The maximum Gasteiger partial charge on any atom is 0.291 e. The minimum atomic E-state index is -0.606. The normalized spacial score (nSPS) is 10.6. The number of halogens is 1. The van der Waals surface area contributed by atoms with E-state index in [2.05, 4.69) is 4.98 Å². The van der Waals surface area contributed by atoms with Gasteiger partial charge in [0, 0.05) is 12.1 Å². The van der Waals surface area contributed by atoms with E-state index in [-0.39, 0.29) is 32.9 Å². The van der Waals surface area contributed by atoms with Gasteiger partial charge in [0.05, 0.1) is 33.5 Å². The summed E-state index contributed by atoms with van der Waals surface area (Å²) < 4.78 is 5.14. The largest absolute Gasteiger partial charge is 0.491 e. The van der Waals surface area contributed by atoms with Crippen molar-refractivity contribution in [2.45, 2.75) is 0 Å². The highest BCUT2D eigenvalue weighted by Gasteiger charge is 2.18. The number of aromatic nitrogens is 1. The van der Waals surface area contributed by atoms with Crippen LogP contribution in [0.4, 0.5) is 5.69 Å². The molecule has 0 radical (unpaired) electrons. The first-order chi connectivity index (χ1) is 11.9. The van der Waals surface area contributed by atoms with Crippen LogP contribution in [0.2, 0.25) is 5.02 Å². The van der Waals surface area contributed by atoms with Crippen LogP contribution in [0.1, 0.15) is 0 Å². The number of rotatable bonds is 3. The van der Waals surface area contributed by atoms with E-state index in [4.69, 9.17) is 16.3 Å². The van der Waals surface area contributed by atoms with Crippen LogP contribution in [-0.2, 0) is 0 Å². The third-order valence-electron chi connectivity index (χ3n) is 3.72. The zero-order valence-corrected chi connectivity index (χ0v) is 13.7. The molecule has 0 amide bonds. The maximum absolute atomic E-state index is 13.0. The maximum atomic E-state index is 13.0. The minimum Gasteiger partial charge on any atom is -0.491 e. The molecule has 1 heterocycles. The van der Waals surface area contributed by atoms with Crippen LogP contribution in [0.15, 0.2) is 52.1 Å². The van der Waals surface area contributed by atoms with Crippen molar-refractivity contribution in [1.82, 2.24) is 4.98 Å². The first kappa shape index (κ1) is 16.7. The quantitative estimate of drug-likeness (QED) is 0.572. The van der Waals surface area contributed by atoms with E-state index < -0.39 is 15.9 Å².